The van der Waals surface area contributed by atoms with Crippen LogP contribution >= 0.6 is 27.5 Å². The third-order valence-corrected chi connectivity index (χ3v) is 2.77. The smallest absolute Gasteiger partial charge is 0.177 e. The number of halogens is 2. The Hall–Kier alpha value is -0.740. The summed E-state index contributed by atoms with van der Waals surface area (Å²) in [7, 11) is 2.97. The summed E-state index contributed by atoms with van der Waals surface area (Å²) in [5.74, 6) is 0.747. The molecule has 0 aliphatic heterocycles. The number of hydrogen-bond donors (Lipinski definition) is 0. The number of alkyl halides is 1. The Kier molecular flexibility index (Phi) is 4.42. The topological polar surface area (TPSA) is 35.5 Å². The van der Waals surface area contributed by atoms with E-state index in [1.54, 1.807) is 12.1 Å². The minimum Gasteiger partial charge on any atom is -0.495 e. The van der Waals surface area contributed by atoms with E-state index in [9.17, 15) is 4.79 Å². The van der Waals surface area contributed by atoms with Gasteiger partial charge in [-0.05, 0) is 12.1 Å². The van der Waals surface area contributed by atoms with Crippen molar-refractivity contribution >= 4 is 33.3 Å². The van der Waals surface area contributed by atoms with Gasteiger partial charge >= 0.3 is 0 Å². The van der Waals surface area contributed by atoms with E-state index in [-0.39, 0.29) is 11.1 Å². The van der Waals surface area contributed by atoms with Gasteiger partial charge in [0.25, 0.3) is 0 Å². The largest absolute Gasteiger partial charge is 0.495 e. The molecule has 0 spiro atoms. The predicted molar refractivity (Wildman–Crippen MR) is 62.7 cm³/mol. The molecule has 1 aromatic carbocycles. The lowest BCUT2D eigenvalue weighted by Crippen LogP contribution is -2.04. The molecule has 0 aromatic heterocycles. The monoisotopic (exact) mass is 292 g/mol. The number of ketones is 1. The van der Waals surface area contributed by atoms with Crippen LogP contribution in [0.25, 0.3) is 0 Å². The molecular formula is C10H10BrClO3. The molecule has 5 heteroatoms. The SMILES string of the molecule is COc1ccc(C(=O)CBr)c(OC)c1Cl. The van der Waals surface area contributed by atoms with Gasteiger partial charge in [0.05, 0.1) is 25.1 Å². The number of carbonyl (C=O) groups is 1. The third kappa shape index (κ3) is 2.44. The Morgan fingerprint density at radius 2 is 2.07 bits per heavy atom. The Morgan fingerprint density at radius 3 is 2.53 bits per heavy atom. The normalized spacial score (nSPS) is 9.87. The molecule has 0 aliphatic rings. The summed E-state index contributed by atoms with van der Waals surface area (Å²) in [5, 5.41) is 0.540. The van der Waals surface area contributed by atoms with Gasteiger partial charge in [0.15, 0.2) is 11.5 Å². The molecule has 0 saturated heterocycles. The van der Waals surface area contributed by atoms with Crippen molar-refractivity contribution in [3.8, 4) is 11.5 Å². The van der Waals surface area contributed by atoms with Gasteiger partial charge in [-0.3, -0.25) is 4.79 Å². The fourth-order valence-corrected chi connectivity index (χ4v) is 1.81. The van der Waals surface area contributed by atoms with Crippen LogP contribution in [0.5, 0.6) is 11.5 Å². The zero-order valence-corrected chi connectivity index (χ0v) is 10.7. The maximum atomic E-state index is 11.5. The second kappa shape index (κ2) is 5.37. The van der Waals surface area contributed by atoms with Gasteiger partial charge < -0.3 is 9.47 Å². The third-order valence-electron chi connectivity index (χ3n) is 1.91. The molecule has 15 heavy (non-hydrogen) atoms. The van der Waals surface area contributed by atoms with E-state index in [0.717, 1.165) is 0 Å². The molecule has 0 N–H and O–H groups in total. The Labute approximate surface area is 101 Å². The maximum Gasteiger partial charge on any atom is 0.177 e. The molecule has 82 valence electrons. The Morgan fingerprint density at radius 1 is 1.40 bits per heavy atom. The fourth-order valence-electron chi connectivity index (χ4n) is 1.19. The zero-order chi connectivity index (χ0) is 11.4. The molecule has 0 amide bonds. The minimum absolute atomic E-state index is 0.0867. The van der Waals surface area contributed by atoms with Crippen LogP contribution in [-0.2, 0) is 0 Å². The highest BCUT2D eigenvalue weighted by Gasteiger charge is 2.17. The molecule has 0 aliphatic carbocycles. The summed E-state index contributed by atoms with van der Waals surface area (Å²) in [6.07, 6.45) is 0. The Bertz CT molecular complexity index is 379. The molecule has 0 fully saturated rings. The van der Waals surface area contributed by atoms with Crippen molar-refractivity contribution in [1.82, 2.24) is 0 Å². The summed E-state index contributed by atoms with van der Waals surface area (Å²) in [4.78, 5) is 11.5. The van der Waals surface area contributed by atoms with Crippen LogP contribution in [0.4, 0.5) is 0 Å². The molecule has 0 bridgehead atoms. The van der Waals surface area contributed by atoms with Gasteiger partial charge in [-0.25, -0.2) is 0 Å². The summed E-state index contributed by atoms with van der Waals surface area (Å²) in [5.41, 5.74) is 0.445. The number of benzene rings is 1. The van der Waals surface area contributed by atoms with Crippen molar-refractivity contribution < 1.29 is 14.3 Å². The number of Topliss-reactive ketones (excluding diaryl/α,β-unsaturated/α-hetero) is 1. The summed E-state index contributed by atoms with van der Waals surface area (Å²) in [6, 6.07) is 3.27. The van der Waals surface area contributed by atoms with E-state index in [4.69, 9.17) is 21.1 Å². The van der Waals surface area contributed by atoms with Crippen LogP contribution in [-0.4, -0.2) is 25.3 Å². The molecule has 3 nitrogen and oxygen atoms in total. The van der Waals surface area contributed by atoms with Crippen LogP contribution in [0.15, 0.2) is 12.1 Å². The molecule has 0 atom stereocenters. The predicted octanol–water partition coefficient (Wildman–Crippen LogP) is 2.93. The zero-order valence-electron chi connectivity index (χ0n) is 8.34. The first-order valence-corrected chi connectivity index (χ1v) is 5.65. The van der Waals surface area contributed by atoms with E-state index in [1.807, 2.05) is 0 Å². The first-order valence-electron chi connectivity index (χ1n) is 4.15. The average molecular weight is 294 g/mol. The molecule has 0 heterocycles. The lowest BCUT2D eigenvalue weighted by molar-refractivity contribution is 0.102. The lowest BCUT2D eigenvalue weighted by atomic mass is 10.1. The first kappa shape index (κ1) is 12.3. The Balaban J connectivity index is 3.30. The van der Waals surface area contributed by atoms with Crippen LogP contribution in [0.1, 0.15) is 10.4 Å². The van der Waals surface area contributed by atoms with Crippen molar-refractivity contribution in [2.45, 2.75) is 0 Å². The molecule has 1 aromatic rings. The van der Waals surface area contributed by atoms with Crippen molar-refractivity contribution in [2.75, 3.05) is 19.5 Å². The van der Waals surface area contributed by atoms with Gasteiger partial charge in [0.2, 0.25) is 0 Å². The van der Waals surface area contributed by atoms with Crippen LogP contribution in [0.3, 0.4) is 0 Å². The van der Waals surface area contributed by atoms with Crippen molar-refractivity contribution in [2.24, 2.45) is 0 Å². The van der Waals surface area contributed by atoms with Crippen molar-refractivity contribution in [3.05, 3.63) is 22.7 Å². The highest BCUT2D eigenvalue weighted by molar-refractivity contribution is 9.09. The molecular weight excluding hydrogens is 283 g/mol. The fraction of sp³-hybridized carbons (Fsp3) is 0.300. The summed E-state index contributed by atoms with van der Waals surface area (Å²) >= 11 is 9.09. The van der Waals surface area contributed by atoms with Crippen molar-refractivity contribution in [3.63, 3.8) is 0 Å². The number of methoxy groups -OCH3 is 2. The van der Waals surface area contributed by atoms with E-state index in [0.29, 0.717) is 22.1 Å². The first-order chi connectivity index (χ1) is 7.15. The highest BCUT2D eigenvalue weighted by atomic mass is 79.9. The summed E-state index contributed by atoms with van der Waals surface area (Å²) < 4.78 is 10.1. The van der Waals surface area contributed by atoms with Crippen LogP contribution in [0, 0.1) is 0 Å². The second-order valence-corrected chi connectivity index (χ2v) is 3.66. The highest BCUT2D eigenvalue weighted by Crippen LogP contribution is 2.37. The number of carbonyl (C=O) groups excluding carboxylic acids is 1. The molecule has 0 radical (unpaired) electrons. The molecule has 0 unspecified atom stereocenters. The van der Waals surface area contributed by atoms with Gasteiger partial charge in [-0.15, -0.1) is 0 Å². The van der Waals surface area contributed by atoms with E-state index < -0.39 is 0 Å². The maximum absolute atomic E-state index is 11.5. The number of rotatable bonds is 4. The minimum atomic E-state index is -0.0867. The molecule has 0 saturated carbocycles. The van der Waals surface area contributed by atoms with Crippen LogP contribution < -0.4 is 9.47 Å². The van der Waals surface area contributed by atoms with Gasteiger partial charge in [0.1, 0.15) is 10.8 Å². The van der Waals surface area contributed by atoms with Gasteiger partial charge in [-0.2, -0.15) is 0 Å². The van der Waals surface area contributed by atoms with Crippen molar-refractivity contribution in [1.29, 1.82) is 0 Å². The lowest BCUT2D eigenvalue weighted by Gasteiger charge is -2.11. The summed E-state index contributed by atoms with van der Waals surface area (Å²) in [6.45, 7) is 0. The number of hydrogen-bond acceptors (Lipinski definition) is 3. The quantitative estimate of drug-likeness (QED) is 0.632. The molecule has 1 rings (SSSR count). The van der Waals surface area contributed by atoms with E-state index in [2.05, 4.69) is 15.9 Å². The average Bonchev–Trinajstić information content (AvgIpc) is 2.27. The van der Waals surface area contributed by atoms with E-state index in [1.165, 1.54) is 14.2 Å². The second-order valence-electron chi connectivity index (χ2n) is 2.72. The van der Waals surface area contributed by atoms with Gasteiger partial charge in [0, 0.05) is 0 Å². The standard InChI is InChI=1S/C10H10BrClO3/c1-14-8-4-3-6(7(13)5-11)10(15-2)9(8)12/h3-4H,5H2,1-2H3. The van der Waals surface area contributed by atoms with E-state index >= 15 is 0 Å². The van der Waals surface area contributed by atoms with Gasteiger partial charge in [-0.1, -0.05) is 27.5 Å². The number of ether oxygens (including phenoxy) is 2. The van der Waals surface area contributed by atoms with Crippen LogP contribution in [0.2, 0.25) is 5.02 Å².